The summed E-state index contributed by atoms with van der Waals surface area (Å²) in [6.07, 6.45) is 0. The van der Waals surface area contributed by atoms with Crippen LogP contribution in [0.15, 0.2) is 46.9 Å². The fourth-order valence-corrected chi connectivity index (χ4v) is 2.21. The van der Waals surface area contributed by atoms with E-state index >= 15 is 0 Å². The van der Waals surface area contributed by atoms with E-state index in [9.17, 15) is 4.39 Å². The van der Waals surface area contributed by atoms with Gasteiger partial charge in [0, 0.05) is 12.1 Å². The van der Waals surface area contributed by atoms with Gasteiger partial charge in [0.1, 0.15) is 5.82 Å². The van der Waals surface area contributed by atoms with E-state index in [0.29, 0.717) is 10.0 Å². The summed E-state index contributed by atoms with van der Waals surface area (Å²) in [5.74, 6) is -0.210. The molecule has 0 unspecified atom stereocenters. The van der Waals surface area contributed by atoms with Crippen LogP contribution in [-0.4, -0.2) is 6.54 Å². The quantitative estimate of drug-likeness (QED) is 0.884. The molecular formula is C15H15BrFN. The fraction of sp³-hybridized carbons (Fsp3) is 0.200. The summed E-state index contributed by atoms with van der Waals surface area (Å²) in [6, 6.07) is 13.3. The van der Waals surface area contributed by atoms with Crippen LogP contribution >= 0.6 is 15.9 Å². The van der Waals surface area contributed by atoms with Gasteiger partial charge in [-0.05, 0) is 45.7 Å². The van der Waals surface area contributed by atoms with E-state index < -0.39 is 0 Å². The highest BCUT2D eigenvalue weighted by atomic mass is 79.9. The monoisotopic (exact) mass is 307 g/mol. The van der Waals surface area contributed by atoms with Crippen molar-refractivity contribution in [2.75, 3.05) is 6.54 Å². The summed E-state index contributed by atoms with van der Waals surface area (Å²) in [4.78, 5) is 0. The number of hydrogen-bond donors (Lipinski definition) is 1. The lowest BCUT2D eigenvalue weighted by atomic mass is 10.0. The molecule has 0 amide bonds. The first-order valence-corrected chi connectivity index (χ1v) is 6.75. The molecule has 0 aliphatic rings. The molecule has 0 saturated heterocycles. The van der Waals surface area contributed by atoms with Crippen LogP contribution in [0, 0.1) is 5.82 Å². The summed E-state index contributed by atoms with van der Waals surface area (Å²) in [6.45, 7) is 3.80. The summed E-state index contributed by atoms with van der Waals surface area (Å²) >= 11 is 3.22. The van der Waals surface area contributed by atoms with Crippen LogP contribution in [0.3, 0.4) is 0 Å². The molecular weight excluding hydrogens is 293 g/mol. The summed E-state index contributed by atoms with van der Waals surface area (Å²) in [5.41, 5.74) is 2.70. The molecule has 2 rings (SSSR count). The molecule has 0 atom stereocenters. The fourth-order valence-electron chi connectivity index (χ4n) is 1.84. The third kappa shape index (κ3) is 2.98. The lowest BCUT2D eigenvalue weighted by Gasteiger charge is -2.08. The Kier molecular flexibility index (Phi) is 4.50. The zero-order valence-corrected chi connectivity index (χ0v) is 11.8. The van der Waals surface area contributed by atoms with Gasteiger partial charge >= 0.3 is 0 Å². The molecule has 18 heavy (non-hydrogen) atoms. The largest absolute Gasteiger partial charge is 0.313 e. The smallest absolute Gasteiger partial charge is 0.145 e. The molecule has 0 bridgehead atoms. The van der Waals surface area contributed by atoms with Crippen molar-refractivity contribution in [3.63, 3.8) is 0 Å². The van der Waals surface area contributed by atoms with Crippen molar-refractivity contribution in [1.82, 2.24) is 5.32 Å². The second-order valence-electron chi connectivity index (χ2n) is 4.08. The van der Waals surface area contributed by atoms with Crippen molar-refractivity contribution in [2.45, 2.75) is 13.5 Å². The van der Waals surface area contributed by atoms with Gasteiger partial charge in [0.25, 0.3) is 0 Å². The molecule has 0 aromatic heterocycles. The Morgan fingerprint density at radius 1 is 1.17 bits per heavy atom. The zero-order valence-electron chi connectivity index (χ0n) is 10.2. The van der Waals surface area contributed by atoms with Gasteiger partial charge in [-0.2, -0.15) is 0 Å². The van der Waals surface area contributed by atoms with E-state index in [0.717, 1.165) is 24.2 Å². The Bertz CT molecular complexity index is 540. The van der Waals surface area contributed by atoms with Gasteiger partial charge in [0.05, 0.1) is 4.47 Å². The average molecular weight is 308 g/mol. The summed E-state index contributed by atoms with van der Waals surface area (Å²) < 4.78 is 14.5. The molecule has 0 aliphatic carbocycles. The molecule has 2 aromatic carbocycles. The minimum Gasteiger partial charge on any atom is -0.313 e. The van der Waals surface area contributed by atoms with E-state index in [1.807, 2.05) is 30.3 Å². The molecule has 0 spiro atoms. The molecule has 0 fully saturated rings. The number of benzene rings is 2. The van der Waals surface area contributed by atoms with Gasteiger partial charge in [-0.25, -0.2) is 4.39 Å². The maximum atomic E-state index is 14.0. The molecule has 3 heteroatoms. The van der Waals surface area contributed by atoms with E-state index in [4.69, 9.17) is 0 Å². The highest BCUT2D eigenvalue weighted by molar-refractivity contribution is 9.10. The minimum absolute atomic E-state index is 0.210. The zero-order chi connectivity index (χ0) is 13.0. The van der Waals surface area contributed by atoms with Gasteiger partial charge in [0.2, 0.25) is 0 Å². The number of rotatable bonds is 4. The van der Waals surface area contributed by atoms with Gasteiger partial charge < -0.3 is 5.32 Å². The van der Waals surface area contributed by atoms with Gasteiger partial charge in [-0.15, -0.1) is 0 Å². The van der Waals surface area contributed by atoms with Crippen LogP contribution in [0.5, 0.6) is 0 Å². The second kappa shape index (κ2) is 6.12. The highest BCUT2D eigenvalue weighted by Gasteiger charge is 2.08. The van der Waals surface area contributed by atoms with Crippen molar-refractivity contribution in [3.05, 3.63) is 58.3 Å². The second-order valence-corrected chi connectivity index (χ2v) is 4.94. The maximum Gasteiger partial charge on any atom is 0.145 e. The maximum absolute atomic E-state index is 14.0. The number of nitrogens with one attached hydrogen (secondary N) is 1. The Morgan fingerprint density at radius 2 is 1.94 bits per heavy atom. The average Bonchev–Trinajstić information content (AvgIpc) is 2.40. The first-order valence-electron chi connectivity index (χ1n) is 5.96. The normalized spacial score (nSPS) is 10.6. The van der Waals surface area contributed by atoms with Crippen molar-refractivity contribution in [3.8, 4) is 11.1 Å². The van der Waals surface area contributed by atoms with Crippen LogP contribution < -0.4 is 5.32 Å². The van der Waals surface area contributed by atoms with Crippen LogP contribution in [0.1, 0.15) is 12.5 Å². The Labute approximate surface area is 115 Å². The number of halogens is 2. The van der Waals surface area contributed by atoms with Crippen LogP contribution in [-0.2, 0) is 6.54 Å². The molecule has 0 radical (unpaired) electrons. The van der Waals surface area contributed by atoms with E-state index in [1.54, 1.807) is 12.1 Å². The molecule has 1 nitrogen and oxygen atoms in total. The minimum atomic E-state index is -0.210. The molecule has 2 aromatic rings. The van der Waals surface area contributed by atoms with Crippen LogP contribution in [0.25, 0.3) is 11.1 Å². The molecule has 0 saturated carbocycles. The van der Waals surface area contributed by atoms with Crippen molar-refractivity contribution in [1.29, 1.82) is 0 Å². The van der Waals surface area contributed by atoms with Crippen LogP contribution in [0.2, 0.25) is 0 Å². The Morgan fingerprint density at radius 3 is 2.72 bits per heavy atom. The molecule has 0 aliphatic heterocycles. The van der Waals surface area contributed by atoms with Gasteiger partial charge in [0.15, 0.2) is 0 Å². The molecule has 94 valence electrons. The van der Waals surface area contributed by atoms with E-state index in [2.05, 4.69) is 28.2 Å². The van der Waals surface area contributed by atoms with E-state index in [1.165, 1.54) is 0 Å². The molecule has 0 heterocycles. The standard InChI is InChI=1S/C15H15BrFN/c1-2-18-10-11-5-3-6-12(9-11)13-7-4-8-14(16)15(13)17/h3-9,18H,2,10H2,1H3. The summed E-state index contributed by atoms with van der Waals surface area (Å²) in [5, 5.41) is 3.27. The van der Waals surface area contributed by atoms with E-state index in [-0.39, 0.29) is 5.82 Å². The van der Waals surface area contributed by atoms with Crippen molar-refractivity contribution in [2.24, 2.45) is 0 Å². The topological polar surface area (TPSA) is 12.0 Å². The third-order valence-electron chi connectivity index (χ3n) is 2.77. The molecule has 1 N–H and O–H groups in total. The first-order chi connectivity index (χ1) is 8.72. The highest BCUT2D eigenvalue weighted by Crippen LogP contribution is 2.28. The van der Waals surface area contributed by atoms with Gasteiger partial charge in [-0.1, -0.05) is 37.3 Å². The van der Waals surface area contributed by atoms with Crippen molar-refractivity contribution < 1.29 is 4.39 Å². The summed E-state index contributed by atoms with van der Waals surface area (Å²) in [7, 11) is 0. The Balaban J connectivity index is 2.35. The first kappa shape index (κ1) is 13.2. The van der Waals surface area contributed by atoms with Gasteiger partial charge in [-0.3, -0.25) is 0 Å². The Hall–Kier alpha value is -1.19. The number of hydrogen-bond acceptors (Lipinski definition) is 1. The lowest BCUT2D eigenvalue weighted by Crippen LogP contribution is -2.11. The predicted octanol–water partition coefficient (Wildman–Crippen LogP) is 4.36. The van der Waals surface area contributed by atoms with Crippen LogP contribution in [0.4, 0.5) is 4.39 Å². The lowest BCUT2D eigenvalue weighted by molar-refractivity contribution is 0.624. The predicted molar refractivity (Wildman–Crippen MR) is 76.9 cm³/mol. The SMILES string of the molecule is CCNCc1cccc(-c2cccc(Br)c2F)c1. The third-order valence-corrected chi connectivity index (χ3v) is 3.38. The van der Waals surface area contributed by atoms with Crippen molar-refractivity contribution >= 4 is 15.9 Å².